The number of sulfonamides is 2. The van der Waals surface area contributed by atoms with Crippen LogP contribution >= 0.6 is 69.6 Å². The van der Waals surface area contributed by atoms with Gasteiger partial charge in [0.2, 0.25) is 8.67 Å². The minimum atomic E-state index is -4.37. The van der Waals surface area contributed by atoms with E-state index in [1.807, 2.05) is 0 Å². The highest BCUT2D eigenvalue weighted by Crippen LogP contribution is 2.53. The van der Waals surface area contributed by atoms with Gasteiger partial charge in [-0.15, -0.1) is 0 Å². The molecule has 0 saturated heterocycles. The van der Waals surface area contributed by atoms with Crippen molar-refractivity contribution in [3.63, 3.8) is 0 Å². The molecule has 0 amide bonds. The Kier molecular flexibility index (Phi) is 7.31. The molecular formula is C18H10Cl6N2O4S2. The molecule has 0 spiro atoms. The average molecular weight is 595 g/mol. The average Bonchev–Trinajstić information content (AvgIpc) is 2.75. The van der Waals surface area contributed by atoms with Gasteiger partial charge >= 0.3 is 0 Å². The fourth-order valence-corrected chi connectivity index (χ4v) is 6.60. The van der Waals surface area contributed by atoms with Crippen molar-refractivity contribution in [2.45, 2.75) is 18.5 Å². The molecule has 14 heteroatoms. The monoisotopic (exact) mass is 592 g/mol. The highest BCUT2D eigenvalue weighted by Gasteiger charge is 2.60. The van der Waals surface area contributed by atoms with Gasteiger partial charge in [-0.2, -0.15) is 25.6 Å². The zero-order valence-corrected chi connectivity index (χ0v) is 21.6. The van der Waals surface area contributed by atoms with Crippen LogP contribution < -0.4 is 0 Å². The highest BCUT2D eigenvalue weighted by atomic mass is 35.5. The maximum atomic E-state index is 12.7. The van der Waals surface area contributed by atoms with Crippen LogP contribution in [0.1, 0.15) is 0 Å². The SMILES string of the molecule is O=S(=O)(/N=C1C(Cl)=C(Cl)/C(=N\S(=O)(=O)c2ccccc2)C(Cl)(Cl)C\1(Cl)Cl)c1ccccc1. The van der Waals surface area contributed by atoms with Gasteiger partial charge in [-0.1, -0.05) is 106 Å². The molecule has 3 rings (SSSR count). The highest BCUT2D eigenvalue weighted by molar-refractivity contribution is 7.90. The van der Waals surface area contributed by atoms with Crippen molar-refractivity contribution in [3.8, 4) is 0 Å². The summed E-state index contributed by atoms with van der Waals surface area (Å²) >= 11 is 37.6. The molecule has 0 saturated carbocycles. The lowest BCUT2D eigenvalue weighted by Gasteiger charge is -2.38. The number of rotatable bonds is 4. The Morgan fingerprint density at radius 1 is 0.562 bits per heavy atom. The van der Waals surface area contributed by atoms with Gasteiger partial charge < -0.3 is 0 Å². The molecular weight excluding hydrogens is 585 g/mol. The molecule has 0 heterocycles. The van der Waals surface area contributed by atoms with Crippen LogP contribution in [0, 0.1) is 0 Å². The molecule has 0 unspecified atom stereocenters. The third-order valence-corrected chi connectivity index (χ3v) is 9.75. The standard InChI is InChI=1S/C18H10Cl6N2O4S2/c19-13-14(20)16(26-32(29,30)12-9-5-2-6-10-12)18(23,24)17(21,22)15(13)25-31(27,28)11-7-3-1-4-8-11/h1-10H/b25-15+,26-16+. The minimum absolute atomic E-state index is 0.196. The molecule has 6 nitrogen and oxygen atoms in total. The van der Waals surface area contributed by atoms with Crippen LogP contribution in [0.15, 0.2) is 89.3 Å². The first-order chi connectivity index (χ1) is 14.7. The number of nitrogens with zero attached hydrogens (tertiary/aromatic N) is 2. The maximum Gasteiger partial charge on any atom is 0.282 e. The van der Waals surface area contributed by atoms with Gasteiger partial charge in [0.1, 0.15) is 11.4 Å². The summed E-state index contributed by atoms with van der Waals surface area (Å²) in [6, 6.07) is 14.2. The van der Waals surface area contributed by atoms with E-state index in [0.29, 0.717) is 0 Å². The van der Waals surface area contributed by atoms with E-state index in [1.165, 1.54) is 48.5 Å². The number of halogens is 6. The van der Waals surface area contributed by atoms with Crippen molar-refractivity contribution < 1.29 is 16.8 Å². The predicted octanol–water partition coefficient (Wildman–Crippen LogP) is 5.70. The third kappa shape index (κ3) is 4.70. The van der Waals surface area contributed by atoms with Crippen molar-refractivity contribution >= 4 is 101 Å². The van der Waals surface area contributed by atoms with Crippen LogP contribution in [0.5, 0.6) is 0 Å². The first-order valence-electron chi connectivity index (χ1n) is 8.34. The molecule has 2 aromatic rings. The zero-order valence-electron chi connectivity index (χ0n) is 15.4. The molecule has 32 heavy (non-hydrogen) atoms. The van der Waals surface area contributed by atoms with Gasteiger partial charge in [-0.3, -0.25) is 0 Å². The molecule has 0 radical (unpaired) electrons. The predicted molar refractivity (Wildman–Crippen MR) is 130 cm³/mol. The van der Waals surface area contributed by atoms with E-state index in [2.05, 4.69) is 8.80 Å². The Balaban J connectivity index is 2.25. The fraction of sp³-hybridized carbons (Fsp3) is 0.111. The normalized spacial score (nSPS) is 21.2. The Bertz CT molecular complexity index is 1250. The molecule has 0 N–H and O–H groups in total. The van der Waals surface area contributed by atoms with E-state index in [4.69, 9.17) is 69.6 Å². The molecule has 1 aliphatic rings. The smallest absolute Gasteiger partial charge is 0.199 e. The van der Waals surface area contributed by atoms with Gasteiger partial charge in [-0.25, -0.2) is 0 Å². The lowest BCUT2D eigenvalue weighted by molar-refractivity contribution is 0.595. The second kappa shape index (κ2) is 9.07. The summed E-state index contributed by atoms with van der Waals surface area (Å²) in [4.78, 5) is -0.392. The second-order valence-electron chi connectivity index (χ2n) is 6.23. The number of benzene rings is 2. The molecule has 170 valence electrons. The number of hydrogen-bond donors (Lipinski definition) is 0. The van der Waals surface area contributed by atoms with Gasteiger partial charge in [-0.05, 0) is 24.3 Å². The molecule has 0 fully saturated rings. The Morgan fingerprint density at radius 2 is 0.844 bits per heavy atom. The summed E-state index contributed by atoms with van der Waals surface area (Å²) in [5.74, 6) is 0. The van der Waals surface area contributed by atoms with Crippen LogP contribution in [-0.4, -0.2) is 36.9 Å². The van der Waals surface area contributed by atoms with E-state index in [9.17, 15) is 16.8 Å². The van der Waals surface area contributed by atoms with Crippen LogP contribution in [0.3, 0.4) is 0 Å². The van der Waals surface area contributed by atoms with E-state index in [1.54, 1.807) is 12.1 Å². The van der Waals surface area contributed by atoms with E-state index >= 15 is 0 Å². The minimum Gasteiger partial charge on any atom is -0.199 e. The van der Waals surface area contributed by atoms with E-state index < -0.39 is 50.2 Å². The van der Waals surface area contributed by atoms with E-state index in [-0.39, 0.29) is 9.79 Å². The summed E-state index contributed by atoms with van der Waals surface area (Å²) in [6.07, 6.45) is 0. The van der Waals surface area contributed by atoms with Crippen molar-refractivity contribution in [1.29, 1.82) is 0 Å². The number of hydrogen-bond acceptors (Lipinski definition) is 4. The quantitative estimate of drug-likeness (QED) is 0.425. The zero-order chi connectivity index (χ0) is 23.9. The molecule has 2 aromatic carbocycles. The van der Waals surface area contributed by atoms with Crippen LogP contribution in [0.25, 0.3) is 0 Å². The summed E-state index contributed by atoms with van der Waals surface area (Å²) in [6.45, 7) is 0. The lowest BCUT2D eigenvalue weighted by atomic mass is 10.0. The second-order valence-corrected chi connectivity index (χ2v) is 12.9. The van der Waals surface area contributed by atoms with Gasteiger partial charge in [0, 0.05) is 0 Å². The summed E-state index contributed by atoms with van der Waals surface area (Å²) in [5.41, 5.74) is -1.39. The van der Waals surface area contributed by atoms with Crippen molar-refractivity contribution in [3.05, 3.63) is 70.7 Å². The molecule has 0 aliphatic heterocycles. The molecule has 0 aromatic heterocycles. The fourth-order valence-electron chi connectivity index (χ4n) is 2.51. The van der Waals surface area contributed by atoms with Crippen LogP contribution in [0.4, 0.5) is 0 Å². The first kappa shape index (κ1) is 25.8. The van der Waals surface area contributed by atoms with Gasteiger partial charge in [0.05, 0.1) is 19.9 Å². The Morgan fingerprint density at radius 3 is 1.12 bits per heavy atom. The summed E-state index contributed by atoms with van der Waals surface area (Å²) < 4.78 is 52.9. The van der Waals surface area contributed by atoms with Crippen molar-refractivity contribution in [2.75, 3.05) is 0 Å². The summed E-state index contributed by atoms with van der Waals surface area (Å²) in [7, 11) is -8.73. The molecule has 0 bridgehead atoms. The molecule has 0 atom stereocenters. The number of alkyl halides is 4. The number of allylic oxidation sites excluding steroid dienone is 2. The van der Waals surface area contributed by atoms with Crippen molar-refractivity contribution in [2.24, 2.45) is 8.80 Å². The van der Waals surface area contributed by atoms with E-state index in [0.717, 1.165) is 0 Å². The summed E-state index contributed by atoms with van der Waals surface area (Å²) in [5, 5.41) is -1.18. The maximum absolute atomic E-state index is 12.7. The van der Waals surface area contributed by atoms with Crippen molar-refractivity contribution in [1.82, 2.24) is 0 Å². The topological polar surface area (TPSA) is 93.0 Å². The molecule has 1 aliphatic carbocycles. The first-order valence-corrected chi connectivity index (χ1v) is 13.5. The Hall–Kier alpha value is -0.840. The van der Waals surface area contributed by atoms with Crippen LogP contribution in [-0.2, 0) is 20.0 Å². The van der Waals surface area contributed by atoms with Crippen LogP contribution in [0.2, 0.25) is 0 Å². The van der Waals surface area contributed by atoms with Gasteiger partial charge in [0.25, 0.3) is 20.0 Å². The van der Waals surface area contributed by atoms with Gasteiger partial charge in [0.15, 0.2) is 0 Å². The lowest BCUT2D eigenvalue weighted by Crippen LogP contribution is -2.53. The Labute approximate surface area is 214 Å². The third-order valence-electron chi connectivity index (χ3n) is 4.10. The largest absolute Gasteiger partial charge is 0.282 e.